The predicted molar refractivity (Wildman–Crippen MR) is 238 cm³/mol. The monoisotopic (exact) mass is 724 g/mol. The first-order chi connectivity index (χ1) is 28.2. The van der Waals surface area contributed by atoms with Crippen molar-refractivity contribution in [3.05, 3.63) is 194 Å². The molecule has 0 aliphatic carbocycles. The van der Waals surface area contributed by atoms with Gasteiger partial charge in [-0.3, -0.25) is 0 Å². The van der Waals surface area contributed by atoms with Crippen LogP contribution in [-0.2, 0) is 0 Å². The molecule has 0 atom stereocenters. The molecular formula is C54H32N2O. The summed E-state index contributed by atoms with van der Waals surface area (Å²) in [6.45, 7) is 0. The van der Waals surface area contributed by atoms with Crippen LogP contribution in [0, 0.1) is 0 Å². The highest BCUT2D eigenvalue weighted by molar-refractivity contribution is 6.33. The third kappa shape index (κ3) is 5.06. The zero-order valence-corrected chi connectivity index (χ0v) is 30.8. The quantitative estimate of drug-likeness (QED) is 0.166. The van der Waals surface area contributed by atoms with Crippen LogP contribution in [0.15, 0.2) is 199 Å². The Bertz CT molecular complexity index is 3530. The Morgan fingerprint density at radius 3 is 1.49 bits per heavy atom. The number of nitrogens with zero attached hydrogens (tertiary/aromatic N) is 2. The number of benzene rings is 10. The van der Waals surface area contributed by atoms with Crippen LogP contribution in [0.1, 0.15) is 0 Å². The number of aromatic nitrogens is 2. The van der Waals surface area contributed by atoms with Gasteiger partial charge in [-0.15, -0.1) is 0 Å². The van der Waals surface area contributed by atoms with E-state index in [1.165, 1.54) is 54.4 Å². The summed E-state index contributed by atoms with van der Waals surface area (Å²) < 4.78 is 6.28. The van der Waals surface area contributed by atoms with E-state index in [0.29, 0.717) is 5.82 Å². The second kappa shape index (κ2) is 12.5. The van der Waals surface area contributed by atoms with Gasteiger partial charge in [-0.25, -0.2) is 9.97 Å². The molecule has 12 aromatic rings. The van der Waals surface area contributed by atoms with Crippen LogP contribution in [0.5, 0.6) is 0 Å². The summed E-state index contributed by atoms with van der Waals surface area (Å²) in [4.78, 5) is 10.5. The summed E-state index contributed by atoms with van der Waals surface area (Å²) in [5, 5.41) is 10.7. The molecule has 0 N–H and O–H groups in total. The van der Waals surface area contributed by atoms with Crippen LogP contribution in [0.4, 0.5) is 0 Å². The minimum absolute atomic E-state index is 0.713. The Hall–Kier alpha value is -7.62. The van der Waals surface area contributed by atoms with E-state index in [9.17, 15) is 0 Å². The van der Waals surface area contributed by atoms with Crippen molar-refractivity contribution in [1.29, 1.82) is 0 Å². The molecule has 0 radical (unpaired) electrons. The molecule has 2 heterocycles. The van der Waals surface area contributed by atoms with Crippen molar-refractivity contribution in [3.8, 4) is 56.0 Å². The van der Waals surface area contributed by atoms with E-state index >= 15 is 0 Å². The molecule has 0 spiro atoms. The summed E-state index contributed by atoms with van der Waals surface area (Å²) in [7, 11) is 0. The number of furan rings is 1. The van der Waals surface area contributed by atoms with Crippen molar-refractivity contribution < 1.29 is 4.42 Å². The normalized spacial score (nSPS) is 11.9. The summed E-state index contributed by atoms with van der Waals surface area (Å²) in [5.41, 5.74) is 12.8. The predicted octanol–water partition coefficient (Wildman–Crippen LogP) is 14.8. The van der Waals surface area contributed by atoms with Crippen LogP contribution in [-0.4, -0.2) is 9.97 Å². The molecule has 10 aromatic carbocycles. The van der Waals surface area contributed by atoms with E-state index in [2.05, 4.69) is 188 Å². The fourth-order valence-electron chi connectivity index (χ4n) is 8.90. The Kier molecular flexibility index (Phi) is 6.93. The SMILES string of the molecule is c1ccc(-c2nc(-c3cccc(-c4cccc(-c5cccc(-c6ccc7c(c6)c6cccc8oc9cccc7c9c86)c5)c4)c3)nc3c2ccc2ccccc23)cc1. The Balaban J connectivity index is 0.937. The zero-order chi connectivity index (χ0) is 37.5. The molecule has 0 unspecified atom stereocenters. The second-order valence-corrected chi connectivity index (χ2v) is 14.9. The molecule has 0 bridgehead atoms. The Morgan fingerprint density at radius 2 is 0.807 bits per heavy atom. The van der Waals surface area contributed by atoms with E-state index in [4.69, 9.17) is 14.4 Å². The maximum atomic E-state index is 6.28. The van der Waals surface area contributed by atoms with Gasteiger partial charge in [0.15, 0.2) is 5.82 Å². The fraction of sp³-hybridized carbons (Fsp3) is 0. The van der Waals surface area contributed by atoms with Gasteiger partial charge in [0.2, 0.25) is 0 Å². The van der Waals surface area contributed by atoms with Crippen molar-refractivity contribution in [2.24, 2.45) is 0 Å². The topological polar surface area (TPSA) is 38.9 Å². The van der Waals surface area contributed by atoms with Crippen molar-refractivity contribution in [2.45, 2.75) is 0 Å². The van der Waals surface area contributed by atoms with Gasteiger partial charge in [0.05, 0.1) is 11.2 Å². The number of rotatable bonds is 5. The maximum absolute atomic E-state index is 6.28. The molecule has 0 aliphatic heterocycles. The fourth-order valence-corrected chi connectivity index (χ4v) is 8.90. The van der Waals surface area contributed by atoms with E-state index in [-0.39, 0.29) is 0 Å². The van der Waals surface area contributed by atoms with Crippen molar-refractivity contribution in [1.82, 2.24) is 9.97 Å². The van der Waals surface area contributed by atoms with Crippen LogP contribution in [0.25, 0.3) is 121 Å². The van der Waals surface area contributed by atoms with Gasteiger partial charge in [-0.05, 0) is 103 Å². The molecule has 3 heteroatoms. The molecule has 12 rings (SSSR count). The van der Waals surface area contributed by atoms with Crippen LogP contribution in [0.2, 0.25) is 0 Å². The highest BCUT2D eigenvalue weighted by atomic mass is 16.3. The molecule has 264 valence electrons. The van der Waals surface area contributed by atoms with Crippen molar-refractivity contribution in [2.75, 3.05) is 0 Å². The molecule has 0 saturated carbocycles. The average Bonchev–Trinajstić information content (AvgIpc) is 3.68. The molecular weight excluding hydrogens is 693 g/mol. The van der Waals surface area contributed by atoms with Gasteiger partial charge >= 0.3 is 0 Å². The summed E-state index contributed by atoms with van der Waals surface area (Å²) in [5.74, 6) is 0.713. The summed E-state index contributed by atoms with van der Waals surface area (Å²) in [6.07, 6.45) is 0. The average molecular weight is 725 g/mol. The second-order valence-electron chi connectivity index (χ2n) is 14.9. The van der Waals surface area contributed by atoms with Gasteiger partial charge in [0.1, 0.15) is 11.2 Å². The lowest BCUT2D eigenvalue weighted by Gasteiger charge is -2.13. The molecule has 57 heavy (non-hydrogen) atoms. The first-order valence-corrected chi connectivity index (χ1v) is 19.4. The third-order valence-corrected chi connectivity index (χ3v) is 11.6. The first kappa shape index (κ1) is 31.7. The zero-order valence-electron chi connectivity index (χ0n) is 30.8. The van der Waals surface area contributed by atoms with Gasteiger partial charge in [0, 0.05) is 32.7 Å². The summed E-state index contributed by atoms with van der Waals surface area (Å²) in [6, 6.07) is 69.2. The van der Waals surface area contributed by atoms with Crippen LogP contribution in [0.3, 0.4) is 0 Å². The highest BCUT2D eigenvalue weighted by Crippen LogP contribution is 2.43. The molecule has 0 saturated heterocycles. The van der Waals surface area contributed by atoms with Crippen LogP contribution >= 0.6 is 0 Å². The van der Waals surface area contributed by atoms with Crippen molar-refractivity contribution in [3.63, 3.8) is 0 Å². The molecule has 2 aromatic heterocycles. The van der Waals surface area contributed by atoms with Gasteiger partial charge in [-0.2, -0.15) is 0 Å². The third-order valence-electron chi connectivity index (χ3n) is 11.6. The maximum Gasteiger partial charge on any atom is 0.160 e. The lowest BCUT2D eigenvalue weighted by atomic mass is 9.91. The Labute approximate surface area is 328 Å². The Morgan fingerprint density at radius 1 is 0.298 bits per heavy atom. The minimum atomic E-state index is 0.713. The molecule has 0 fully saturated rings. The first-order valence-electron chi connectivity index (χ1n) is 19.4. The lowest BCUT2D eigenvalue weighted by molar-refractivity contribution is 0.669. The lowest BCUT2D eigenvalue weighted by Crippen LogP contribution is -1.96. The van der Waals surface area contributed by atoms with Gasteiger partial charge in [0.25, 0.3) is 0 Å². The van der Waals surface area contributed by atoms with Crippen LogP contribution < -0.4 is 0 Å². The van der Waals surface area contributed by atoms with E-state index in [0.717, 1.165) is 61.0 Å². The van der Waals surface area contributed by atoms with E-state index < -0.39 is 0 Å². The van der Waals surface area contributed by atoms with Gasteiger partial charge in [-0.1, -0.05) is 152 Å². The molecule has 0 amide bonds. The van der Waals surface area contributed by atoms with Gasteiger partial charge < -0.3 is 4.42 Å². The minimum Gasteiger partial charge on any atom is -0.456 e. The van der Waals surface area contributed by atoms with Crippen molar-refractivity contribution >= 4 is 65.2 Å². The highest BCUT2D eigenvalue weighted by Gasteiger charge is 2.18. The van der Waals surface area contributed by atoms with E-state index in [1.807, 2.05) is 6.07 Å². The number of hydrogen-bond donors (Lipinski definition) is 0. The number of hydrogen-bond acceptors (Lipinski definition) is 3. The molecule has 0 aliphatic rings. The summed E-state index contributed by atoms with van der Waals surface area (Å²) >= 11 is 0. The smallest absolute Gasteiger partial charge is 0.160 e. The largest absolute Gasteiger partial charge is 0.456 e. The molecule has 3 nitrogen and oxygen atoms in total. The number of fused-ring (bicyclic) bond motifs is 6. The standard InChI is InChI=1S/C54H32N2O/c1-2-12-34(13-3-1)52-46-28-25-33-11-4-5-20-42(33)53(46)56-54(55-52)41-19-8-18-39(31-41)37-16-6-14-35(29-37)36-15-7-17-38(30-36)40-26-27-43-44-21-9-23-48-50(44)51-45(47(43)32-40)22-10-24-49(51)57-48/h1-32H. The van der Waals surface area contributed by atoms with E-state index in [1.54, 1.807) is 0 Å².